The second kappa shape index (κ2) is 7.01. The van der Waals surface area contributed by atoms with Gasteiger partial charge in [0.05, 0.1) is 0 Å². The van der Waals surface area contributed by atoms with Crippen LogP contribution in [-0.2, 0) is 0 Å². The number of thiazole rings is 1. The number of likely N-dealkylation sites (tertiary alicyclic amines) is 2. The van der Waals surface area contributed by atoms with Crippen molar-refractivity contribution in [3.05, 3.63) is 41.4 Å². The van der Waals surface area contributed by atoms with E-state index in [1.54, 1.807) is 5.38 Å². The number of rotatable bonds is 5. The summed E-state index contributed by atoms with van der Waals surface area (Å²) in [6.07, 6.45) is 2.03. The molecule has 25 heavy (non-hydrogen) atoms. The molecule has 4 rings (SSSR count). The van der Waals surface area contributed by atoms with Gasteiger partial charge in [0.2, 0.25) is 0 Å². The Morgan fingerprint density at radius 2 is 2.04 bits per heavy atom. The summed E-state index contributed by atoms with van der Waals surface area (Å²) < 4.78 is 5.82. The Morgan fingerprint density at radius 1 is 1.24 bits per heavy atom. The highest BCUT2D eigenvalue weighted by Gasteiger charge is 2.44. The summed E-state index contributed by atoms with van der Waals surface area (Å²) in [5, 5.41) is 2.20. The van der Waals surface area contributed by atoms with Crippen LogP contribution in [0.3, 0.4) is 0 Å². The molecule has 0 aliphatic carbocycles. The molecule has 0 saturated carbocycles. The average Bonchev–Trinajstić information content (AvgIpc) is 3.33. The van der Waals surface area contributed by atoms with Gasteiger partial charge in [0.25, 0.3) is 5.91 Å². The molecule has 7 heteroatoms. The number of anilines is 1. The Balaban J connectivity index is 1.33. The molecular formula is C18H22N4O2S. The lowest BCUT2D eigenvalue weighted by molar-refractivity contribution is 0.0726. The fraction of sp³-hybridized carbons (Fsp3) is 0.444. The Labute approximate surface area is 151 Å². The maximum atomic E-state index is 12.7. The van der Waals surface area contributed by atoms with Gasteiger partial charge in [0.15, 0.2) is 5.13 Å². The van der Waals surface area contributed by atoms with E-state index in [0.29, 0.717) is 23.5 Å². The van der Waals surface area contributed by atoms with Crippen molar-refractivity contribution in [2.24, 2.45) is 0 Å². The second-order valence-electron chi connectivity index (χ2n) is 6.48. The molecule has 1 aromatic heterocycles. The van der Waals surface area contributed by atoms with Gasteiger partial charge in [-0.05, 0) is 25.0 Å². The monoisotopic (exact) mass is 358 g/mol. The molecule has 0 bridgehead atoms. The van der Waals surface area contributed by atoms with Crippen LogP contribution in [0.25, 0.3) is 0 Å². The standard InChI is InChI=1S/C18H22N4O2S/c19-18-20-14(12-25-18)17(23)22-9-7-15-16(22)6-8-21(15)10-11-24-13-4-2-1-3-5-13/h1-5,12,15-16H,6-11H2,(H2,19,20)/t15-,16-/m0/s1. The summed E-state index contributed by atoms with van der Waals surface area (Å²) in [5.41, 5.74) is 6.14. The van der Waals surface area contributed by atoms with Crippen molar-refractivity contribution >= 4 is 22.4 Å². The lowest BCUT2D eigenvalue weighted by Crippen LogP contribution is -2.40. The first-order valence-corrected chi connectivity index (χ1v) is 9.54. The minimum Gasteiger partial charge on any atom is -0.492 e. The highest BCUT2D eigenvalue weighted by molar-refractivity contribution is 7.13. The minimum absolute atomic E-state index is 0.0165. The number of carbonyl (C=O) groups excluding carboxylic acids is 1. The fourth-order valence-electron chi connectivity index (χ4n) is 3.94. The molecule has 0 radical (unpaired) electrons. The molecule has 2 aliphatic heterocycles. The number of amides is 1. The van der Waals surface area contributed by atoms with E-state index in [2.05, 4.69) is 9.88 Å². The minimum atomic E-state index is 0.0165. The van der Waals surface area contributed by atoms with Crippen LogP contribution in [0.1, 0.15) is 23.3 Å². The first kappa shape index (κ1) is 16.4. The summed E-state index contributed by atoms with van der Waals surface area (Å²) in [7, 11) is 0. The van der Waals surface area contributed by atoms with Crippen LogP contribution in [0.15, 0.2) is 35.7 Å². The average molecular weight is 358 g/mol. The van der Waals surface area contributed by atoms with Gasteiger partial charge in [-0.15, -0.1) is 11.3 Å². The number of ether oxygens (including phenoxy) is 1. The first-order valence-electron chi connectivity index (χ1n) is 8.66. The van der Waals surface area contributed by atoms with Gasteiger partial charge >= 0.3 is 0 Å². The molecule has 0 unspecified atom stereocenters. The highest BCUT2D eigenvalue weighted by atomic mass is 32.1. The quantitative estimate of drug-likeness (QED) is 0.886. The summed E-state index contributed by atoms with van der Waals surface area (Å²) >= 11 is 1.32. The number of hydrogen-bond donors (Lipinski definition) is 1. The number of aromatic nitrogens is 1. The number of carbonyl (C=O) groups is 1. The number of fused-ring (bicyclic) bond motifs is 1. The summed E-state index contributed by atoms with van der Waals surface area (Å²) in [6, 6.07) is 10.6. The third-order valence-electron chi connectivity index (χ3n) is 5.08. The van der Waals surface area contributed by atoms with E-state index >= 15 is 0 Å². The van der Waals surface area contributed by atoms with Crippen molar-refractivity contribution in [1.29, 1.82) is 0 Å². The Kier molecular flexibility index (Phi) is 4.59. The van der Waals surface area contributed by atoms with Crippen LogP contribution >= 0.6 is 11.3 Å². The number of nitrogens with two attached hydrogens (primary N) is 1. The van der Waals surface area contributed by atoms with Crippen LogP contribution in [0.5, 0.6) is 5.75 Å². The molecule has 2 aromatic rings. The Morgan fingerprint density at radius 3 is 2.80 bits per heavy atom. The molecule has 6 nitrogen and oxygen atoms in total. The van der Waals surface area contributed by atoms with Crippen molar-refractivity contribution in [2.75, 3.05) is 32.0 Å². The molecular weight excluding hydrogens is 336 g/mol. The van der Waals surface area contributed by atoms with Gasteiger partial charge in [-0.25, -0.2) is 4.98 Å². The third kappa shape index (κ3) is 3.34. The maximum absolute atomic E-state index is 12.7. The zero-order chi connectivity index (χ0) is 17.2. The lowest BCUT2D eigenvalue weighted by atomic mass is 10.1. The van der Waals surface area contributed by atoms with Gasteiger partial charge in [0.1, 0.15) is 18.1 Å². The van der Waals surface area contributed by atoms with Crippen molar-refractivity contribution in [2.45, 2.75) is 24.9 Å². The van der Waals surface area contributed by atoms with E-state index in [1.807, 2.05) is 35.2 Å². The summed E-state index contributed by atoms with van der Waals surface area (Å²) in [4.78, 5) is 21.3. The van der Waals surface area contributed by atoms with E-state index in [4.69, 9.17) is 10.5 Å². The normalized spacial score (nSPS) is 23.0. The van der Waals surface area contributed by atoms with Crippen molar-refractivity contribution in [3.8, 4) is 5.75 Å². The molecule has 3 heterocycles. The number of nitrogens with zero attached hydrogens (tertiary/aromatic N) is 3. The van der Waals surface area contributed by atoms with Crippen LogP contribution in [0.4, 0.5) is 5.13 Å². The maximum Gasteiger partial charge on any atom is 0.273 e. The van der Waals surface area contributed by atoms with E-state index in [9.17, 15) is 4.79 Å². The van der Waals surface area contributed by atoms with Gasteiger partial charge in [-0.2, -0.15) is 0 Å². The topological polar surface area (TPSA) is 71.7 Å². The summed E-state index contributed by atoms with van der Waals surface area (Å²) in [6.45, 7) is 3.36. The molecule has 2 saturated heterocycles. The molecule has 132 valence electrons. The lowest BCUT2D eigenvalue weighted by Gasteiger charge is -2.25. The molecule has 0 spiro atoms. The molecule has 2 atom stereocenters. The molecule has 1 amide bonds. The van der Waals surface area contributed by atoms with Gasteiger partial charge < -0.3 is 15.4 Å². The highest BCUT2D eigenvalue weighted by Crippen LogP contribution is 2.32. The molecule has 2 aliphatic rings. The predicted octanol–water partition coefficient (Wildman–Crippen LogP) is 2.09. The van der Waals surface area contributed by atoms with E-state index < -0.39 is 0 Å². The Bertz CT molecular complexity index is 736. The smallest absolute Gasteiger partial charge is 0.273 e. The largest absolute Gasteiger partial charge is 0.492 e. The van der Waals surface area contributed by atoms with Crippen molar-refractivity contribution in [3.63, 3.8) is 0 Å². The predicted molar refractivity (Wildman–Crippen MR) is 97.9 cm³/mol. The fourth-order valence-corrected chi connectivity index (χ4v) is 4.47. The molecule has 1 aromatic carbocycles. The summed E-state index contributed by atoms with van der Waals surface area (Å²) in [5.74, 6) is 0.922. The third-order valence-corrected chi connectivity index (χ3v) is 5.76. The van der Waals surface area contributed by atoms with Gasteiger partial charge in [-0.3, -0.25) is 9.69 Å². The number of nitrogen functional groups attached to an aromatic ring is 1. The number of hydrogen-bond acceptors (Lipinski definition) is 6. The first-order chi connectivity index (χ1) is 12.2. The van der Waals surface area contributed by atoms with Crippen molar-refractivity contribution < 1.29 is 9.53 Å². The van der Waals surface area contributed by atoms with E-state index in [0.717, 1.165) is 38.2 Å². The van der Waals surface area contributed by atoms with E-state index in [-0.39, 0.29) is 11.9 Å². The van der Waals surface area contributed by atoms with Gasteiger partial charge in [0, 0.05) is 37.1 Å². The van der Waals surface area contributed by atoms with E-state index in [1.165, 1.54) is 11.3 Å². The van der Waals surface area contributed by atoms with Crippen LogP contribution in [0, 0.1) is 0 Å². The Hall–Kier alpha value is -2.12. The van der Waals surface area contributed by atoms with Crippen molar-refractivity contribution in [1.82, 2.24) is 14.8 Å². The SMILES string of the molecule is Nc1nc(C(=O)N2CC[C@H]3[C@@H]2CCN3CCOc2ccccc2)cs1. The zero-order valence-electron chi connectivity index (χ0n) is 14.0. The van der Waals surface area contributed by atoms with Gasteiger partial charge in [-0.1, -0.05) is 18.2 Å². The zero-order valence-corrected chi connectivity index (χ0v) is 14.8. The van der Waals surface area contributed by atoms with Crippen LogP contribution in [0.2, 0.25) is 0 Å². The van der Waals surface area contributed by atoms with Crippen LogP contribution < -0.4 is 10.5 Å². The molecule has 2 N–H and O–H groups in total. The second-order valence-corrected chi connectivity index (χ2v) is 7.37. The van der Waals surface area contributed by atoms with Crippen LogP contribution in [-0.4, -0.2) is 59.0 Å². The molecule has 2 fully saturated rings. The number of para-hydroxylation sites is 1. The number of benzene rings is 1.